The molecule has 0 aromatic carbocycles. The normalized spacial score (nSPS) is 10.3. The molecule has 0 aliphatic heterocycles. The molecule has 7 heavy (non-hydrogen) atoms. The van der Waals surface area contributed by atoms with E-state index in [1.165, 1.54) is 0 Å². The molecule has 0 radical (unpaired) electrons. The molecular weight excluding hydrogens is 244 g/mol. The van der Waals surface area contributed by atoms with Crippen molar-refractivity contribution >= 4 is 77.9 Å². The van der Waals surface area contributed by atoms with E-state index in [2.05, 4.69) is 4.63 Å². The molecule has 0 unspecified atom stereocenters. The van der Waals surface area contributed by atoms with Gasteiger partial charge in [-0.2, -0.15) is 4.63 Å². The summed E-state index contributed by atoms with van der Waals surface area (Å²) in [7, 11) is -4.80. The molecule has 0 aromatic heterocycles. The van der Waals surface area contributed by atoms with Gasteiger partial charge in [-0.1, -0.05) is 4.53 Å². The Morgan fingerprint density at radius 1 is 1.29 bits per heavy atom. The average Bonchev–Trinajstić information content (AvgIpc) is 1.35. The van der Waals surface area contributed by atoms with Gasteiger partial charge in [0.1, 0.15) is 0 Å². The number of hydrogen-bond acceptors (Lipinski definition) is 4. The third kappa shape index (κ3) is 11.5. The van der Waals surface area contributed by atoms with E-state index in [0.717, 1.165) is 0 Å². The van der Waals surface area contributed by atoms with Crippen molar-refractivity contribution in [3.8, 4) is 0 Å². The van der Waals surface area contributed by atoms with E-state index in [-0.39, 0.29) is 68.9 Å². The Bertz CT molecular complexity index is 41.4. The Labute approximate surface area is 99.1 Å². The van der Waals surface area contributed by atoms with Gasteiger partial charge in [-0.05, 0) is 0 Å². The summed E-state index contributed by atoms with van der Waals surface area (Å²) in [6, 6.07) is 0. The second-order valence-electron chi connectivity index (χ2n) is 0.651. The summed E-state index contributed by atoms with van der Waals surface area (Å²) in [4.78, 5) is 22.4. The predicted octanol–water partition coefficient (Wildman–Crippen LogP) is -2.35. The van der Waals surface area contributed by atoms with Crippen LogP contribution in [0.1, 0.15) is 0 Å². The van der Waals surface area contributed by atoms with Crippen LogP contribution >= 0.6 is 0 Å². The van der Waals surface area contributed by atoms with E-state index in [4.69, 9.17) is 14.4 Å². The fourth-order valence-corrected chi connectivity index (χ4v) is 0. The van der Waals surface area contributed by atoms with Gasteiger partial charge in [0, 0.05) is 0 Å². The van der Waals surface area contributed by atoms with Crippen LogP contribution in [0.4, 0.5) is 4.53 Å². The van der Waals surface area contributed by atoms with E-state index in [9.17, 15) is 4.53 Å². The molecule has 3 N–H and O–H groups in total. The first-order valence-electron chi connectivity index (χ1n) is 1.03. The molecule has 0 aromatic rings. The molecule has 4 nitrogen and oxygen atoms in total. The summed E-state index contributed by atoms with van der Waals surface area (Å²) >= 11 is 0. The van der Waals surface area contributed by atoms with Gasteiger partial charge in [0.2, 0.25) is 0 Å². The molecule has 0 spiro atoms. The van der Waals surface area contributed by atoms with Crippen molar-refractivity contribution in [3.05, 3.63) is 0 Å². The molecule has 40 valence electrons. The third-order valence-electron chi connectivity index (χ3n) is 0.104. The molecule has 0 aliphatic rings. The van der Waals surface area contributed by atoms with E-state index in [1.807, 2.05) is 0 Å². The van der Waals surface area contributed by atoms with Gasteiger partial charge in [-0.3, -0.25) is 0 Å². The van der Waals surface area contributed by atoms with Gasteiger partial charge in [0.05, 0.1) is 0 Å². The van der Waals surface area contributed by atoms with Crippen LogP contribution in [-0.4, -0.2) is 92.3 Å². The molecule has 0 amide bonds. The van der Waals surface area contributed by atoms with Crippen LogP contribution in [0.2, 0.25) is 0 Å². The van der Waals surface area contributed by atoms with Crippen molar-refractivity contribution in [1.29, 1.82) is 0 Å². The zero-order valence-corrected chi connectivity index (χ0v) is 3.63. The Kier molecular flexibility index (Phi) is 8.21. The maximum absolute atomic E-state index is 10.3. The quantitative estimate of drug-likeness (QED) is 0.454. The molecule has 0 atom stereocenters. The fourth-order valence-electron chi connectivity index (χ4n) is 0. The van der Waals surface area contributed by atoms with Crippen molar-refractivity contribution in [1.82, 2.24) is 0 Å². The standard InChI is InChI=1S/Cs.FH3O4Si.H/c;1-5-6(2,3)4;/h;2-4H;. The molecule has 0 fully saturated rings. The van der Waals surface area contributed by atoms with Crippen molar-refractivity contribution in [3.63, 3.8) is 0 Å². The summed E-state index contributed by atoms with van der Waals surface area (Å²) in [5.74, 6) is 0. The first kappa shape index (κ1) is 11.8. The Balaban J connectivity index is 0. The van der Waals surface area contributed by atoms with Gasteiger partial charge < -0.3 is 14.4 Å². The summed E-state index contributed by atoms with van der Waals surface area (Å²) in [6.45, 7) is 0. The average molecular weight is 248 g/mol. The zero-order valence-electron chi connectivity index (χ0n) is 2.63. The summed E-state index contributed by atoms with van der Waals surface area (Å²) in [6.07, 6.45) is 0. The SMILES string of the molecule is O[Si](O)(O)OF.[CsH]. The van der Waals surface area contributed by atoms with Gasteiger partial charge in [-0.15, -0.1) is 0 Å². The van der Waals surface area contributed by atoms with E-state index in [1.54, 1.807) is 0 Å². The molecule has 0 heterocycles. The van der Waals surface area contributed by atoms with E-state index < -0.39 is 9.05 Å². The minimum absolute atomic E-state index is 0. The predicted molar refractivity (Wildman–Crippen MR) is 21.8 cm³/mol. The van der Waals surface area contributed by atoms with Crippen LogP contribution in [0, 0.1) is 0 Å². The first-order valence-corrected chi connectivity index (χ1v) is 2.78. The molecule has 0 rings (SSSR count). The van der Waals surface area contributed by atoms with Crippen molar-refractivity contribution in [2.45, 2.75) is 0 Å². The monoisotopic (exact) mass is 248 g/mol. The third-order valence-corrected chi connectivity index (χ3v) is 0.311. The number of rotatable bonds is 1. The molecule has 0 bridgehead atoms. The van der Waals surface area contributed by atoms with Crippen molar-refractivity contribution in [2.75, 3.05) is 0 Å². The van der Waals surface area contributed by atoms with Crippen LogP contribution in [-0.2, 0) is 4.63 Å². The molecule has 0 aliphatic carbocycles. The zero-order chi connectivity index (χ0) is 5.21. The van der Waals surface area contributed by atoms with Crippen LogP contribution in [0.15, 0.2) is 0 Å². The van der Waals surface area contributed by atoms with Crippen molar-refractivity contribution in [2.24, 2.45) is 0 Å². The van der Waals surface area contributed by atoms with E-state index in [0.29, 0.717) is 0 Å². The molecule has 7 heteroatoms. The summed E-state index contributed by atoms with van der Waals surface area (Å²) in [5.41, 5.74) is 0. The Morgan fingerprint density at radius 2 is 1.43 bits per heavy atom. The first-order chi connectivity index (χ1) is 2.56. The Morgan fingerprint density at radius 3 is 1.43 bits per heavy atom. The molecule has 0 saturated heterocycles. The second-order valence-corrected chi connectivity index (χ2v) is 1.95. The fraction of sp³-hybridized carbons (Fsp3) is 0. The number of hydrogen-bond donors (Lipinski definition) is 3. The van der Waals surface area contributed by atoms with Crippen LogP contribution < -0.4 is 0 Å². The summed E-state index contributed by atoms with van der Waals surface area (Å²) in [5, 5.41) is 0. The van der Waals surface area contributed by atoms with Gasteiger partial charge in [-0.25, -0.2) is 0 Å². The van der Waals surface area contributed by atoms with Gasteiger partial charge in [0.15, 0.2) is 0 Å². The molecular formula is H4CsFO4Si. The maximum atomic E-state index is 10.3. The van der Waals surface area contributed by atoms with E-state index >= 15 is 0 Å². The van der Waals surface area contributed by atoms with Crippen LogP contribution in [0.5, 0.6) is 0 Å². The molecule has 0 saturated carbocycles. The van der Waals surface area contributed by atoms with Gasteiger partial charge in [0.25, 0.3) is 0 Å². The topological polar surface area (TPSA) is 69.9 Å². The van der Waals surface area contributed by atoms with Gasteiger partial charge >= 0.3 is 77.9 Å². The van der Waals surface area contributed by atoms with Crippen LogP contribution in [0.3, 0.4) is 0 Å². The van der Waals surface area contributed by atoms with Crippen molar-refractivity contribution < 1.29 is 23.5 Å². The number of halogens is 1. The second kappa shape index (κ2) is 4.87. The minimum atomic E-state index is -4.80. The van der Waals surface area contributed by atoms with Crippen LogP contribution in [0.25, 0.3) is 0 Å². The summed E-state index contributed by atoms with van der Waals surface area (Å²) < 4.78 is 12.6. The Hall–Kier alpha value is 2.04.